The van der Waals surface area contributed by atoms with Gasteiger partial charge in [-0.2, -0.15) is 0 Å². The first kappa shape index (κ1) is 28.6. The molecule has 220 valence electrons. The van der Waals surface area contributed by atoms with Crippen molar-refractivity contribution in [2.45, 2.75) is 6.92 Å². The Labute approximate surface area is 276 Å². The number of benzene rings is 7. The van der Waals surface area contributed by atoms with Gasteiger partial charge in [-0.3, -0.25) is 0 Å². The summed E-state index contributed by atoms with van der Waals surface area (Å²) in [6, 6.07) is 47.4. The van der Waals surface area contributed by atoms with Crippen molar-refractivity contribution in [2.24, 2.45) is 0 Å². The first-order valence-corrected chi connectivity index (χ1v) is 16.0. The molecule has 0 N–H and O–H groups in total. The van der Waals surface area contributed by atoms with Crippen LogP contribution in [0.4, 0.5) is 0 Å². The van der Waals surface area contributed by atoms with Crippen LogP contribution in [0.5, 0.6) is 0 Å². The van der Waals surface area contributed by atoms with Crippen LogP contribution in [0.3, 0.4) is 0 Å². The highest BCUT2D eigenvalue weighted by Gasteiger charge is 2.21. The van der Waals surface area contributed by atoms with Crippen LogP contribution in [-0.4, -0.2) is 7.85 Å². The minimum absolute atomic E-state index is 0.720. The predicted molar refractivity (Wildman–Crippen MR) is 203 cm³/mol. The zero-order chi connectivity index (χ0) is 31.9. The number of rotatable bonds is 6. The minimum Gasteiger partial charge on any atom is -0.456 e. The molecule has 1 nitrogen and oxygen atoms in total. The normalized spacial score (nSPS) is 12.1. The van der Waals surface area contributed by atoms with Gasteiger partial charge in [0.25, 0.3) is 0 Å². The van der Waals surface area contributed by atoms with Crippen LogP contribution in [-0.2, 0) is 0 Å². The van der Waals surface area contributed by atoms with E-state index in [0.717, 1.165) is 44.1 Å². The molecule has 1 heterocycles. The Kier molecular flexibility index (Phi) is 7.19. The average molecular weight is 599 g/mol. The lowest BCUT2D eigenvalue weighted by atomic mass is 9.83. The molecule has 0 bridgehead atoms. The van der Waals surface area contributed by atoms with Crippen LogP contribution in [0.25, 0.3) is 82.4 Å². The number of furan rings is 1. The maximum absolute atomic E-state index is 6.34. The summed E-state index contributed by atoms with van der Waals surface area (Å²) in [6.45, 7) is 5.99. The number of allylic oxidation sites excluding steroid dienone is 5. The second kappa shape index (κ2) is 11.8. The van der Waals surface area contributed by atoms with Gasteiger partial charge in [0.1, 0.15) is 19.0 Å². The van der Waals surface area contributed by atoms with Crippen LogP contribution in [0.15, 0.2) is 169 Å². The Morgan fingerprint density at radius 1 is 0.596 bits per heavy atom. The van der Waals surface area contributed by atoms with Gasteiger partial charge in [-0.25, -0.2) is 0 Å². The van der Waals surface area contributed by atoms with Crippen molar-refractivity contribution in [1.29, 1.82) is 0 Å². The van der Waals surface area contributed by atoms with Crippen molar-refractivity contribution in [3.05, 3.63) is 170 Å². The fraction of sp³-hybridized carbons (Fsp3) is 0.0222. The minimum atomic E-state index is 0.720. The quantitative estimate of drug-likeness (QED) is 0.105. The van der Waals surface area contributed by atoms with Gasteiger partial charge >= 0.3 is 0 Å². The molecule has 0 saturated heterocycles. The number of fused-ring (bicyclic) bond motifs is 5. The van der Waals surface area contributed by atoms with Gasteiger partial charge in [-0.15, -0.1) is 0 Å². The summed E-state index contributed by atoms with van der Waals surface area (Å²) in [5, 5.41) is 6.89. The lowest BCUT2D eigenvalue weighted by Gasteiger charge is -2.19. The zero-order valence-corrected chi connectivity index (χ0v) is 26.2. The highest BCUT2D eigenvalue weighted by atomic mass is 16.3. The summed E-state index contributed by atoms with van der Waals surface area (Å²) in [5.41, 5.74) is 11.8. The SMILES string of the molecule is [B]c1ccc2oc3cccc(-c4c5ccccc5c(-c5cc(C(/C=C\C=C)=C/C)cc(-c6ccccc6)c5)c5ccccc45)c3c2c1. The van der Waals surface area contributed by atoms with Gasteiger partial charge in [0.2, 0.25) is 0 Å². The Bertz CT molecular complexity index is 2490. The van der Waals surface area contributed by atoms with E-state index in [1.54, 1.807) is 0 Å². The van der Waals surface area contributed by atoms with Crippen molar-refractivity contribution in [3.8, 4) is 33.4 Å². The van der Waals surface area contributed by atoms with Gasteiger partial charge in [0.05, 0.1) is 0 Å². The third-order valence-electron chi connectivity index (χ3n) is 9.10. The largest absolute Gasteiger partial charge is 0.456 e. The summed E-state index contributed by atoms with van der Waals surface area (Å²) in [5.74, 6) is 0. The summed E-state index contributed by atoms with van der Waals surface area (Å²) in [4.78, 5) is 0. The average Bonchev–Trinajstić information content (AvgIpc) is 3.49. The molecule has 0 saturated carbocycles. The van der Waals surface area contributed by atoms with Crippen molar-refractivity contribution in [3.63, 3.8) is 0 Å². The molecule has 7 aromatic carbocycles. The second-order valence-electron chi connectivity index (χ2n) is 11.9. The maximum atomic E-state index is 6.34. The second-order valence-corrected chi connectivity index (χ2v) is 11.9. The highest BCUT2D eigenvalue weighted by molar-refractivity contribution is 6.34. The summed E-state index contributed by atoms with van der Waals surface area (Å²) in [7, 11) is 6.30. The number of hydrogen-bond acceptors (Lipinski definition) is 1. The molecular formula is C45H31BO. The van der Waals surface area contributed by atoms with E-state index in [-0.39, 0.29) is 0 Å². The summed E-state index contributed by atoms with van der Waals surface area (Å²) >= 11 is 0. The van der Waals surface area contributed by atoms with Crippen molar-refractivity contribution in [2.75, 3.05) is 0 Å². The van der Waals surface area contributed by atoms with Crippen molar-refractivity contribution >= 4 is 62.4 Å². The Morgan fingerprint density at radius 2 is 1.26 bits per heavy atom. The van der Waals surface area contributed by atoms with Gasteiger partial charge in [-0.1, -0.05) is 139 Å². The van der Waals surface area contributed by atoms with Gasteiger partial charge < -0.3 is 4.42 Å². The monoisotopic (exact) mass is 598 g/mol. The molecule has 0 spiro atoms. The molecule has 2 heteroatoms. The Morgan fingerprint density at radius 3 is 1.94 bits per heavy atom. The first-order chi connectivity index (χ1) is 23.1. The van der Waals surface area contributed by atoms with E-state index in [1.165, 1.54) is 49.4 Å². The van der Waals surface area contributed by atoms with E-state index < -0.39 is 0 Å². The smallest absolute Gasteiger partial charge is 0.136 e. The Balaban J connectivity index is 1.49. The highest BCUT2D eigenvalue weighted by Crippen LogP contribution is 2.47. The van der Waals surface area contributed by atoms with Gasteiger partial charge in [0.15, 0.2) is 0 Å². The van der Waals surface area contributed by atoms with Crippen LogP contribution in [0.1, 0.15) is 12.5 Å². The summed E-state index contributed by atoms with van der Waals surface area (Å²) in [6.07, 6.45) is 8.11. The third-order valence-corrected chi connectivity index (χ3v) is 9.10. The fourth-order valence-corrected chi connectivity index (χ4v) is 7.05. The van der Waals surface area contributed by atoms with Crippen LogP contribution >= 0.6 is 0 Å². The topological polar surface area (TPSA) is 13.1 Å². The van der Waals surface area contributed by atoms with Crippen LogP contribution in [0.2, 0.25) is 0 Å². The molecule has 8 rings (SSSR count). The van der Waals surface area contributed by atoms with E-state index in [2.05, 4.69) is 135 Å². The maximum Gasteiger partial charge on any atom is 0.136 e. The molecule has 0 atom stereocenters. The van der Waals surface area contributed by atoms with Crippen molar-refractivity contribution < 1.29 is 4.42 Å². The third kappa shape index (κ3) is 4.90. The van der Waals surface area contributed by atoms with Gasteiger partial charge in [-0.05, 0) is 103 Å². The lowest BCUT2D eigenvalue weighted by molar-refractivity contribution is 0.669. The van der Waals surface area contributed by atoms with E-state index in [0.29, 0.717) is 0 Å². The predicted octanol–water partition coefficient (Wildman–Crippen LogP) is 11.8. The molecule has 2 radical (unpaired) electrons. The van der Waals surface area contributed by atoms with E-state index >= 15 is 0 Å². The Hall–Kier alpha value is -5.86. The molecule has 0 aliphatic heterocycles. The molecule has 0 amide bonds. The van der Waals surface area contributed by atoms with E-state index in [4.69, 9.17) is 12.3 Å². The molecule has 0 unspecified atom stereocenters. The van der Waals surface area contributed by atoms with E-state index in [1.807, 2.05) is 36.4 Å². The molecule has 0 aliphatic carbocycles. The molecule has 0 fully saturated rings. The van der Waals surface area contributed by atoms with Crippen LogP contribution in [0, 0.1) is 0 Å². The van der Waals surface area contributed by atoms with Crippen molar-refractivity contribution in [1.82, 2.24) is 0 Å². The number of hydrogen-bond donors (Lipinski definition) is 0. The zero-order valence-electron chi connectivity index (χ0n) is 26.2. The fourth-order valence-electron chi connectivity index (χ4n) is 7.05. The van der Waals surface area contributed by atoms with Crippen LogP contribution < -0.4 is 5.46 Å². The molecular weight excluding hydrogens is 567 g/mol. The molecule has 1 aromatic heterocycles. The summed E-state index contributed by atoms with van der Waals surface area (Å²) < 4.78 is 6.34. The van der Waals surface area contributed by atoms with E-state index in [9.17, 15) is 0 Å². The lowest BCUT2D eigenvalue weighted by Crippen LogP contribution is -1.98. The standard InChI is InChI=1S/C45H31BO/c1-3-5-14-29(4-2)31-25-32(30-15-7-6-8-16-30)27-33(26-31)43-35-17-9-11-19-37(35)44(38-20-12-10-18-36(38)43)39-21-13-22-42-45(39)40-28-34(46)23-24-41(40)47-42/h3-28H,1H2,2H3/b14-5-,29-4+. The molecule has 0 aliphatic rings. The first-order valence-electron chi connectivity index (χ1n) is 16.0. The molecule has 8 aromatic rings. The molecule has 47 heavy (non-hydrogen) atoms. The van der Waals surface area contributed by atoms with Gasteiger partial charge in [0, 0.05) is 10.8 Å².